The number of piperazine rings is 1. The van der Waals surface area contributed by atoms with Crippen molar-refractivity contribution in [3.63, 3.8) is 0 Å². The molecule has 2 unspecified atom stereocenters. The third-order valence-electron chi connectivity index (χ3n) is 8.76. The van der Waals surface area contributed by atoms with E-state index < -0.39 is 5.79 Å². The molecular formula is C37H38Cl2N6O3. The molecule has 2 aliphatic rings. The second kappa shape index (κ2) is 14.2. The Balaban J connectivity index is 0.904. The van der Waals surface area contributed by atoms with Crippen LogP contribution < -0.4 is 9.64 Å². The highest BCUT2D eigenvalue weighted by molar-refractivity contribution is 6.35. The minimum atomic E-state index is -1.08. The number of halogens is 2. The number of nitrogens with zero attached hydrogens (tertiary/aromatic N) is 6. The number of hydrogen-bond acceptors (Lipinski definition) is 8. The van der Waals surface area contributed by atoms with E-state index in [1.54, 1.807) is 24.7 Å². The molecule has 4 heterocycles. The molecule has 5 aromatic rings. The fourth-order valence-corrected chi connectivity index (χ4v) is 6.91. The Labute approximate surface area is 291 Å². The first-order valence-corrected chi connectivity index (χ1v) is 16.9. The molecule has 0 amide bonds. The average molecular weight is 686 g/mol. The molecule has 48 heavy (non-hydrogen) atoms. The number of hydrogen-bond donors (Lipinski definition) is 0. The van der Waals surface area contributed by atoms with E-state index in [0.29, 0.717) is 29.8 Å². The van der Waals surface area contributed by atoms with Gasteiger partial charge in [-0.15, -0.1) is 0 Å². The summed E-state index contributed by atoms with van der Waals surface area (Å²) in [6, 6.07) is 24.3. The van der Waals surface area contributed by atoms with Crippen LogP contribution in [0.5, 0.6) is 5.75 Å². The smallest absolute Gasteiger partial charge is 0.215 e. The summed E-state index contributed by atoms with van der Waals surface area (Å²) in [4.78, 5) is 18.3. The van der Waals surface area contributed by atoms with Crippen molar-refractivity contribution in [2.75, 3.05) is 44.3 Å². The standard InChI is InChI=1S/C37H38Cl2N6O3/c1-26-19-27(2)42-36(41-26)29-5-3-28(4-6-29)21-43-15-17-45(18-16-43)31-8-10-32(11-9-31)46-22-33-23-47-37(48-33,24-44-14-13-40-25-44)34-12-7-30(38)20-35(34)39/h3-14,19-20,25,33H,15-18,21-24H2,1-2H3. The highest BCUT2D eigenvalue weighted by Crippen LogP contribution is 2.40. The highest BCUT2D eigenvalue weighted by atomic mass is 35.5. The molecule has 0 bridgehead atoms. The fourth-order valence-electron chi connectivity index (χ4n) is 6.35. The third kappa shape index (κ3) is 7.51. The summed E-state index contributed by atoms with van der Waals surface area (Å²) in [6.07, 6.45) is 5.03. The van der Waals surface area contributed by atoms with E-state index in [2.05, 4.69) is 61.1 Å². The van der Waals surface area contributed by atoms with Crippen LogP contribution in [0.25, 0.3) is 11.4 Å². The summed E-state index contributed by atoms with van der Waals surface area (Å²) in [7, 11) is 0. The van der Waals surface area contributed by atoms with Gasteiger partial charge in [-0.25, -0.2) is 15.0 Å². The maximum Gasteiger partial charge on any atom is 0.215 e. The van der Waals surface area contributed by atoms with Crippen LogP contribution in [-0.2, 0) is 28.4 Å². The Morgan fingerprint density at radius 2 is 1.65 bits per heavy atom. The molecule has 0 spiro atoms. The van der Waals surface area contributed by atoms with Crippen LogP contribution in [0.15, 0.2) is 91.5 Å². The molecule has 2 aliphatic heterocycles. The van der Waals surface area contributed by atoms with Crippen molar-refractivity contribution in [1.29, 1.82) is 0 Å². The van der Waals surface area contributed by atoms with Gasteiger partial charge in [0.05, 0.1) is 24.5 Å². The lowest BCUT2D eigenvalue weighted by atomic mass is 10.1. The molecule has 0 saturated carbocycles. The Morgan fingerprint density at radius 1 is 0.896 bits per heavy atom. The van der Waals surface area contributed by atoms with E-state index in [0.717, 1.165) is 66.8 Å². The van der Waals surface area contributed by atoms with Gasteiger partial charge in [-0.2, -0.15) is 0 Å². The Kier molecular flexibility index (Phi) is 9.66. The third-order valence-corrected chi connectivity index (χ3v) is 9.31. The Hall–Kier alpha value is -3.99. The van der Waals surface area contributed by atoms with Gasteiger partial charge in [0, 0.05) is 78.3 Å². The van der Waals surface area contributed by atoms with Crippen molar-refractivity contribution >= 4 is 28.9 Å². The van der Waals surface area contributed by atoms with Crippen LogP contribution >= 0.6 is 23.2 Å². The van der Waals surface area contributed by atoms with Crippen molar-refractivity contribution in [3.8, 4) is 17.1 Å². The van der Waals surface area contributed by atoms with E-state index in [4.69, 9.17) is 37.4 Å². The van der Waals surface area contributed by atoms with Crippen LogP contribution in [-0.4, -0.2) is 69.9 Å². The summed E-state index contributed by atoms with van der Waals surface area (Å²) in [5.74, 6) is 0.488. The lowest BCUT2D eigenvalue weighted by Crippen LogP contribution is -2.45. The first-order chi connectivity index (χ1) is 23.3. The summed E-state index contributed by atoms with van der Waals surface area (Å²) in [5, 5.41) is 1.04. The van der Waals surface area contributed by atoms with Crippen LogP contribution in [0.2, 0.25) is 10.0 Å². The largest absolute Gasteiger partial charge is 0.491 e. The SMILES string of the molecule is Cc1cc(C)nc(-c2ccc(CN3CCN(c4ccc(OCC5COC(Cn6ccnc6)(c6ccc(Cl)cc6Cl)O5)cc4)CC3)cc2)n1. The molecule has 2 saturated heterocycles. The minimum Gasteiger partial charge on any atom is -0.491 e. The predicted octanol–water partition coefficient (Wildman–Crippen LogP) is 6.93. The first kappa shape index (κ1) is 32.6. The maximum atomic E-state index is 6.60. The number of rotatable bonds is 10. The second-order valence-corrected chi connectivity index (χ2v) is 13.2. The summed E-state index contributed by atoms with van der Waals surface area (Å²) in [6.45, 7) is 9.96. The molecule has 2 atom stereocenters. The molecule has 2 aromatic heterocycles. The lowest BCUT2D eigenvalue weighted by molar-refractivity contribution is -0.189. The number of ether oxygens (including phenoxy) is 3. The van der Waals surface area contributed by atoms with Crippen LogP contribution in [0, 0.1) is 13.8 Å². The molecule has 9 nitrogen and oxygen atoms in total. The van der Waals surface area contributed by atoms with Crippen molar-refractivity contribution in [3.05, 3.63) is 124 Å². The molecule has 248 valence electrons. The zero-order valence-electron chi connectivity index (χ0n) is 27.1. The van der Waals surface area contributed by atoms with E-state index >= 15 is 0 Å². The summed E-state index contributed by atoms with van der Waals surface area (Å²) < 4.78 is 20.9. The topological polar surface area (TPSA) is 77.8 Å². The van der Waals surface area contributed by atoms with Gasteiger partial charge in [-0.05, 0) is 61.9 Å². The van der Waals surface area contributed by atoms with Crippen molar-refractivity contribution in [2.24, 2.45) is 0 Å². The lowest BCUT2D eigenvalue weighted by Gasteiger charge is -2.36. The van der Waals surface area contributed by atoms with E-state index in [1.807, 2.05) is 48.9 Å². The van der Waals surface area contributed by atoms with Gasteiger partial charge in [0.1, 0.15) is 18.5 Å². The summed E-state index contributed by atoms with van der Waals surface area (Å²) in [5.41, 5.74) is 6.23. The predicted molar refractivity (Wildman–Crippen MR) is 188 cm³/mol. The van der Waals surface area contributed by atoms with Gasteiger partial charge >= 0.3 is 0 Å². The zero-order chi connectivity index (χ0) is 33.1. The van der Waals surface area contributed by atoms with Crippen LogP contribution in [0.1, 0.15) is 22.5 Å². The van der Waals surface area contributed by atoms with Crippen molar-refractivity contribution in [2.45, 2.75) is 38.8 Å². The molecule has 2 fully saturated rings. The molecule has 0 radical (unpaired) electrons. The number of benzene rings is 3. The summed E-state index contributed by atoms with van der Waals surface area (Å²) >= 11 is 12.8. The molecule has 7 rings (SSSR count). The van der Waals surface area contributed by atoms with E-state index in [9.17, 15) is 0 Å². The van der Waals surface area contributed by atoms with E-state index in [1.165, 1.54) is 11.3 Å². The Morgan fingerprint density at radius 3 is 2.33 bits per heavy atom. The molecule has 0 N–H and O–H groups in total. The van der Waals surface area contributed by atoms with Crippen LogP contribution in [0.4, 0.5) is 5.69 Å². The maximum absolute atomic E-state index is 6.60. The van der Waals surface area contributed by atoms with Gasteiger partial charge in [0.25, 0.3) is 0 Å². The first-order valence-electron chi connectivity index (χ1n) is 16.2. The van der Waals surface area contributed by atoms with Gasteiger partial charge in [-0.1, -0.05) is 53.5 Å². The second-order valence-electron chi connectivity index (χ2n) is 12.4. The minimum absolute atomic E-state index is 0.288. The zero-order valence-corrected chi connectivity index (χ0v) is 28.6. The van der Waals surface area contributed by atoms with Gasteiger partial charge in [-0.3, -0.25) is 4.90 Å². The number of aromatic nitrogens is 4. The number of aryl methyl sites for hydroxylation is 2. The quantitative estimate of drug-likeness (QED) is 0.157. The average Bonchev–Trinajstić information content (AvgIpc) is 3.75. The normalized spacial score (nSPS) is 19.9. The number of anilines is 1. The van der Waals surface area contributed by atoms with Crippen LogP contribution in [0.3, 0.4) is 0 Å². The monoisotopic (exact) mass is 684 g/mol. The number of imidazole rings is 1. The molecule has 3 aromatic carbocycles. The van der Waals surface area contributed by atoms with Gasteiger partial charge in [0.15, 0.2) is 5.82 Å². The fraction of sp³-hybridized carbons (Fsp3) is 0.324. The van der Waals surface area contributed by atoms with E-state index in [-0.39, 0.29) is 6.10 Å². The highest BCUT2D eigenvalue weighted by Gasteiger charge is 2.45. The Bertz CT molecular complexity index is 1810. The van der Waals surface area contributed by atoms with Crippen molar-refractivity contribution in [1.82, 2.24) is 24.4 Å². The molecule has 11 heteroatoms. The molecular weight excluding hydrogens is 647 g/mol. The van der Waals surface area contributed by atoms with Gasteiger partial charge < -0.3 is 23.7 Å². The van der Waals surface area contributed by atoms with Gasteiger partial charge in [0.2, 0.25) is 5.79 Å². The van der Waals surface area contributed by atoms with Crippen molar-refractivity contribution < 1.29 is 14.2 Å². The molecule has 0 aliphatic carbocycles.